The number of thioether (sulfide) groups is 1. The Morgan fingerprint density at radius 1 is 1.69 bits per heavy atom. The predicted octanol–water partition coefficient (Wildman–Crippen LogP) is 1.79. The lowest BCUT2D eigenvalue weighted by Gasteiger charge is -2.09. The summed E-state index contributed by atoms with van der Waals surface area (Å²) in [6, 6.07) is 3.56. The van der Waals surface area contributed by atoms with Crippen molar-refractivity contribution in [3.63, 3.8) is 0 Å². The molecule has 0 saturated carbocycles. The maximum Gasteiger partial charge on any atom is 0.316 e. The zero-order chi connectivity index (χ0) is 12.0. The number of esters is 1. The average Bonchev–Trinajstić information content (AvgIpc) is 2.27. The molecule has 1 aromatic heterocycles. The molecule has 0 aliphatic carbocycles. The second-order valence-electron chi connectivity index (χ2n) is 3.17. The van der Waals surface area contributed by atoms with Gasteiger partial charge in [0.05, 0.1) is 18.5 Å². The van der Waals surface area contributed by atoms with E-state index >= 15 is 0 Å². The summed E-state index contributed by atoms with van der Waals surface area (Å²) in [4.78, 5) is 15.3. The second-order valence-corrected chi connectivity index (χ2v) is 4.13. The minimum absolute atomic E-state index is 0.213. The summed E-state index contributed by atoms with van der Waals surface area (Å²) in [6.07, 6.45) is 1.05. The first-order valence-corrected chi connectivity index (χ1v) is 6.05. The highest BCUT2D eigenvalue weighted by atomic mass is 32.2. The van der Waals surface area contributed by atoms with Crippen molar-refractivity contribution in [2.24, 2.45) is 0 Å². The molecule has 4 nitrogen and oxygen atoms in total. The first-order chi connectivity index (χ1) is 7.65. The summed E-state index contributed by atoms with van der Waals surface area (Å²) in [7, 11) is 0. The van der Waals surface area contributed by atoms with Crippen LogP contribution in [0.2, 0.25) is 0 Å². The number of aliphatic hydroxyl groups excluding tert-OH is 1. The van der Waals surface area contributed by atoms with Crippen LogP contribution in [0.5, 0.6) is 0 Å². The number of pyridine rings is 1. The summed E-state index contributed by atoms with van der Waals surface area (Å²) in [6.45, 7) is 3.82. The van der Waals surface area contributed by atoms with Crippen molar-refractivity contribution < 1.29 is 14.6 Å². The van der Waals surface area contributed by atoms with Gasteiger partial charge in [-0.05, 0) is 19.9 Å². The molecule has 0 unspecified atom stereocenters. The molecule has 0 bridgehead atoms. The van der Waals surface area contributed by atoms with Gasteiger partial charge in [0.15, 0.2) is 0 Å². The Bertz CT molecular complexity index is 355. The van der Waals surface area contributed by atoms with Gasteiger partial charge in [-0.25, -0.2) is 4.98 Å². The van der Waals surface area contributed by atoms with E-state index in [1.54, 1.807) is 32.2 Å². The third-order valence-electron chi connectivity index (χ3n) is 1.88. The van der Waals surface area contributed by atoms with E-state index in [4.69, 9.17) is 4.74 Å². The van der Waals surface area contributed by atoms with Crippen LogP contribution >= 0.6 is 11.8 Å². The summed E-state index contributed by atoms with van der Waals surface area (Å²) in [5.74, 6) is -0.0559. The highest BCUT2D eigenvalue weighted by Crippen LogP contribution is 2.24. The van der Waals surface area contributed by atoms with Crippen LogP contribution < -0.4 is 0 Å². The smallest absolute Gasteiger partial charge is 0.316 e. The van der Waals surface area contributed by atoms with Gasteiger partial charge < -0.3 is 9.84 Å². The van der Waals surface area contributed by atoms with Gasteiger partial charge in [-0.2, -0.15) is 0 Å². The molecular weight excluding hydrogens is 226 g/mol. The van der Waals surface area contributed by atoms with E-state index in [2.05, 4.69) is 4.98 Å². The van der Waals surface area contributed by atoms with Crippen LogP contribution in [0.4, 0.5) is 0 Å². The molecule has 0 radical (unpaired) electrons. The molecule has 1 aromatic rings. The molecule has 0 spiro atoms. The maximum absolute atomic E-state index is 11.2. The van der Waals surface area contributed by atoms with Gasteiger partial charge in [0.25, 0.3) is 0 Å². The van der Waals surface area contributed by atoms with E-state index < -0.39 is 6.10 Å². The van der Waals surface area contributed by atoms with E-state index in [1.807, 2.05) is 0 Å². The Morgan fingerprint density at radius 2 is 2.44 bits per heavy atom. The molecule has 1 heterocycles. The minimum atomic E-state index is -0.585. The third kappa shape index (κ3) is 3.83. The van der Waals surface area contributed by atoms with Crippen LogP contribution in [0.15, 0.2) is 23.4 Å². The van der Waals surface area contributed by atoms with Crippen LogP contribution in [-0.2, 0) is 9.53 Å². The summed E-state index contributed by atoms with van der Waals surface area (Å²) >= 11 is 1.28. The Balaban J connectivity index is 2.63. The Labute approximate surface area is 99.0 Å². The van der Waals surface area contributed by atoms with Gasteiger partial charge in [-0.3, -0.25) is 4.79 Å². The average molecular weight is 241 g/mol. The molecule has 0 aromatic carbocycles. The van der Waals surface area contributed by atoms with Crippen LogP contribution in [0.25, 0.3) is 0 Å². The number of carbonyl (C=O) groups is 1. The number of aliphatic hydroxyl groups is 1. The Morgan fingerprint density at radius 3 is 3.06 bits per heavy atom. The number of hydrogen-bond acceptors (Lipinski definition) is 5. The maximum atomic E-state index is 11.2. The molecular formula is C11H15NO3S. The number of carbonyl (C=O) groups excluding carboxylic acids is 1. The van der Waals surface area contributed by atoms with Crippen molar-refractivity contribution in [2.75, 3.05) is 12.4 Å². The summed E-state index contributed by atoms with van der Waals surface area (Å²) < 4.78 is 4.81. The first-order valence-electron chi connectivity index (χ1n) is 5.06. The van der Waals surface area contributed by atoms with Gasteiger partial charge >= 0.3 is 5.97 Å². The summed E-state index contributed by atoms with van der Waals surface area (Å²) in [5.41, 5.74) is 0.733. The molecule has 0 amide bonds. The highest BCUT2D eigenvalue weighted by molar-refractivity contribution is 7.99. The molecule has 1 atom stereocenters. The number of aromatic nitrogens is 1. The Kier molecular flexibility index (Phi) is 5.28. The van der Waals surface area contributed by atoms with Crippen LogP contribution in [-0.4, -0.2) is 28.4 Å². The van der Waals surface area contributed by atoms with Crippen LogP contribution in [0, 0.1) is 0 Å². The van der Waals surface area contributed by atoms with Crippen molar-refractivity contribution in [2.45, 2.75) is 25.0 Å². The lowest BCUT2D eigenvalue weighted by molar-refractivity contribution is -0.139. The van der Waals surface area contributed by atoms with Crippen molar-refractivity contribution in [1.82, 2.24) is 4.98 Å². The van der Waals surface area contributed by atoms with Crippen molar-refractivity contribution >= 4 is 17.7 Å². The first kappa shape index (κ1) is 13.0. The monoisotopic (exact) mass is 241 g/mol. The van der Waals surface area contributed by atoms with E-state index in [1.165, 1.54) is 11.8 Å². The molecule has 0 aliphatic rings. The zero-order valence-corrected chi connectivity index (χ0v) is 10.2. The van der Waals surface area contributed by atoms with Crippen molar-refractivity contribution in [1.29, 1.82) is 0 Å². The molecule has 0 aliphatic heterocycles. The van der Waals surface area contributed by atoms with E-state index in [-0.39, 0.29) is 11.7 Å². The van der Waals surface area contributed by atoms with E-state index in [9.17, 15) is 9.90 Å². The van der Waals surface area contributed by atoms with Gasteiger partial charge in [-0.15, -0.1) is 0 Å². The zero-order valence-electron chi connectivity index (χ0n) is 9.34. The topological polar surface area (TPSA) is 59.4 Å². The fourth-order valence-electron chi connectivity index (χ4n) is 1.17. The van der Waals surface area contributed by atoms with Gasteiger partial charge in [0.2, 0.25) is 0 Å². The molecule has 1 rings (SSSR count). The van der Waals surface area contributed by atoms with Gasteiger partial charge in [0, 0.05) is 11.8 Å². The molecule has 0 saturated heterocycles. The summed E-state index contributed by atoms with van der Waals surface area (Å²) in [5, 5.41) is 10.2. The minimum Gasteiger partial charge on any atom is -0.465 e. The Hall–Kier alpha value is -1.07. The van der Waals surface area contributed by atoms with Crippen molar-refractivity contribution in [3.05, 3.63) is 23.9 Å². The fourth-order valence-corrected chi connectivity index (χ4v) is 2.05. The number of ether oxygens (including phenoxy) is 1. The number of hydrogen-bond donors (Lipinski definition) is 1. The highest BCUT2D eigenvalue weighted by Gasteiger charge is 2.11. The molecule has 16 heavy (non-hydrogen) atoms. The normalized spacial score (nSPS) is 12.2. The number of rotatable bonds is 5. The second kappa shape index (κ2) is 6.50. The SMILES string of the molecule is CCOC(=O)CSc1ncccc1[C@H](C)O. The number of nitrogens with zero attached hydrogens (tertiary/aromatic N) is 1. The van der Waals surface area contributed by atoms with Gasteiger partial charge in [0.1, 0.15) is 5.03 Å². The van der Waals surface area contributed by atoms with Crippen molar-refractivity contribution in [3.8, 4) is 0 Å². The lowest BCUT2D eigenvalue weighted by atomic mass is 10.2. The molecule has 1 N–H and O–H groups in total. The predicted molar refractivity (Wildman–Crippen MR) is 62.2 cm³/mol. The van der Waals surface area contributed by atoms with Crippen LogP contribution in [0.3, 0.4) is 0 Å². The standard InChI is InChI=1S/C11H15NO3S/c1-3-15-10(14)7-16-11-9(8(2)13)5-4-6-12-11/h4-6,8,13H,3,7H2,1-2H3/t8-/m0/s1. The van der Waals surface area contributed by atoms with Gasteiger partial charge in [-0.1, -0.05) is 17.8 Å². The van der Waals surface area contributed by atoms with Crippen LogP contribution in [0.1, 0.15) is 25.5 Å². The lowest BCUT2D eigenvalue weighted by Crippen LogP contribution is -2.07. The molecule has 88 valence electrons. The molecule has 0 fully saturated rings. The van der Waals surface area contributed by atoms with E-state index in [0.29, 0.717) is 11.6 Å². The fraction of sp³-hybridized carbons (Fsp3) is 0.455. The quantitative estimate of drug-likeness (QED) is 0.629. The van der Waals surface area contributed by atoms with E-state index in [0.717, 1.165) is 5.56 Å². The molecule has 5 heteroatoms. The third-order valence-corrected chi connectivity index (χ3v) is 2.88. The largest absolute Gasteiger partial charge is 0.465 e.